The van der Waals surface area contributed by atoms with Crippen molar-refractivity contribution in [3.63, 3.8) is 0 Å². The molecule has 4 aromatic rings. The predicted molar refractivity (Wildman–Crippen MR) is 114 cm³/mol. The van der Waals surface area contributed by atoms with E-state index >= 15 is 0 Å². The van der Waals surface area contributed by atoms with E-state index in [1.165, 1.54) is 13.1 Å². The number of fused-ring (bicyclic) bond motifs is 1. The number of imidazole rings is 1. The summed E-state index contributed by atoms with van der Waals surface area (Å²) in [7, 11) is 0. The van der Waals surface area contributed by atoms with Crippen LogP contribution < -0.4 is 5.32 Å². The summed E-state index contributed by atoms with van der Waals surface area (Å²) in [5, 5.41) is 9.11. The van der Waals surface area contributed by atoms with Gasteiger partial charge in [0.15, 0.2) is 23.1 Å². The van der Waals surface area contributed by atoms with Gasteiger partial charge in [-0.15, -0.1) is 0 Å². The molecule has 1 aliphatic rings. The number of morpholine rings is 1. The Hall–Kier alpha value is -3.71. The molecule has 3 aromatic heterocycles. The second-order valence-corrected chi connectivity index (χ2v) is 7.84. The fourth-order valence-corrected chi connectivity index (χ4v) is 3.80. The number of oxazole rings is 1. The minimum Gasteiger partial charge on any atom is -0.436 e. The van der Waals surface area contributed by atoms with Crippen LogP contribution in [0, 0.1) is 6.92 Å². The lowest BCUT2D eigenvalue weighted by molar-refractivity contribution is -0.153. The number of carbonyl (C=O) groups excluding carboxylic acids is 1. The van der Waals surface area contributed by atoms with Crippen LogP contribution in [0.1, 0.15) is 27.7 Å². The van der Waals surface area contributed by atoms with Gasteiger partial charge in [-0.1, -0.05) is 6.07 Å². The van der Waals surface area contributed by atoms with E-state index in [4.69, 9.17) is 4.74 Å². The highest BCUT2D eigenvalue weighted by Gasteiger charge is 2.41. The quantitative estimate of drug-likeness (QED) is 0.404. The Morgan fingerprint density at radius 1 is 1.24 bits per heavy atom. The number of ether oxygens (including phenoxy) is 1. The van der Waals surface area contributed by atoms with Crippen LogP contribution >= 0.6 is 0 Å². The van der Waals surface area contributed by atoms with Gasteiger partial charge < -0.3 is 19.5 Å². The van der Waals surface area contributed by atoms with Gasteiger partial charge in [0, 0.05) is 32.8 Å². The Morgan fingerprint density at radius 3 is 2.79 bits per heavy atom. The molecule has 0 atom stereocenters. The predicted octanol–water partition coefficient (Wildman–Crippen LogP) is 3.35. The van der Waals surface area contributed by atoms with E-state index in [0.717, 1.165) is 30.7 Å². The van der Waals surface area contributed by atoms with Crippen LogP contribution in [0.2, 0.25) is 0 Å². The summed E-state index contributed by atoms with van der Waals surface area (Å²) in [6.07, 6.45) is -3.50. The Bertz CT molecular complexity index is 1340. The highest BCUT2D eigenvalue weighted by molar-refractivity contribution is 6.05. The number of amides is 1. The molecule has 178 valence electrons. The molecule has 13 heteroatoms. The number of H-pyrrole nitrogens is 2. The van der Waals surface area contributed by atoms with Crippen molar-refractivity contribution in [1.82, 2.24) is 30.0 Å². The van der Waals surface area contributed by atoms with E-state index in [0.29, 0.717) is 24.6 Å². The molecule has 0 unspecified atom stereocenters. The summed E-state index contributed by atoms with van der Waals surface area (Å²) in [5.74, 6) is -2.45. The van der Waals surface area contributed by atoms with Crippen LogP contribution in [0.4, 0.5) is 18.9 Å². The van der Waals surface area contributed by atoms with Crippen LogP contribution in [-0.4, -0.2) is 62.3 Å². The largest absolute Gasteiger partial charge is 0.452 e. The third-order valence-electron chi connectivity index (χ3n) is 5.38. The first-order valence-electron chi connectivity index (χ1n) is 10.5. The van der Waals surface area contributed by atoms with E-state index in [1.54, 1.807) is 0 Å². The van der Waals surface area contributed by atoms with Crippen molar-refractivity contribution >= 4 is 22.6 Å². The average Bonchev–Trinajstić information content (AvgIpc) is 3.51. The molecule has 1 amide bonds. The molecule has 1 aliphatic heterocycles. The number of alkyl halides is 3. The summed E-state index contributed by atoms with van der Waals surface area (Å²) in [6, 6.07) is 5.86. The van der Waals surface area contributed by atoms with Crippen molar-refractivity contribution in [2.45, 2.75) is 19.6 Å². The smallest absolute Gasteiger partial charge is 0.436 e. The number of benzene rings is 1. The molecule has 5 rings (SSSR count). The van der Waals surface area contributed by atoms with Gasteiger partial charge in [0.1, 0.15) is 0 Å². The lowest BCUT2D eigenvalue weighted by Crippen LogP contribution is -2.35. The van der Waals surface area contributed by atoms with Crippen molar-refractivity contribution in [2.24, 2.45) is 0 Å². The molecule has 0 aliphatic carbocycles. The lowest BCUT2D eigenvalue weighted by atomic mass is 10.2. The van der Waals surface area contributed by atoms with Gasteiger partial charge >= 0.3 is 6.18 Å². The standard InChI is InChI=1S/C21H20F3N7O3/c1-11-26-17(18(34-11)21(22,23)24)20(32)29-15-9-25-30-16(15)19-27-13-3-2-12(8-14(13)28-19)10-31-4-6-33-7-5-31/h2-3,8-9H,4-7,10H2,1H3,(H,25,30)(H,27,28)(H,29,32). The van der Waals surface area contributed by atoms with Crippen molar-refractivity contribution < 1.29 is 27.1 Å². The zero-order valence-corrected chi connectivity index (χ0v) is 18.0. The number of nitrogens with zero attached hydrogens (tertiary/aromatic N) is 4. The topological polar surface area (TPSA) is 125 Å². The molecule has 3 N–H and O–H groups in total. The molecule has 4 heterocycles. The first-order valence-corrected chi connectivity index (χ1v) is 10.5. The number of rotatable bonds is 5. The summed E-state index contributed by atoms with van der Waals surface area (Å²) < 4.78 is 49.5. The van der Waals surface area contributed by atoms with Gasteiger partial charge in [0.2, 0.25) is 5.76 Å². The number of aryl methyl sites for hydroxylation is 1. The number of anilines is 1. The number of nitrogens with one attached hydrogen (secondary N) is 3. The highest BCUT2D eigenvalue weighted by atomic mass is 19.4. The maximum Gasteiger partial charge on any atom is 0.452 e. The molecular weight excluding hydrogens is 455 g/mol. The van der Waals surface area contributed by atoms with E-state index < -0.39 is 23.5 Å². The molecule has 0 spiro atoms. The normalized spacial score (nSPS) is 15.2. The Balaban J connectivity index is 1.38. The zero-order chi connectivity index (χ0) is 23.9. The Kier molecular flexibility index (Phi) is 5.57. The molecule has 1 fully saturated rings. The molecule has 1 aromatic carbocycles. The summed E-state index contributed by atoms with van der Waals surface area (Å²) >= 11 is 0. The molecule has 10 nitrogen and oxygen atoms in total. The molecule has 34 heavy (non-hydrogen) atoms. The second-order valence-electron chi connectivity index (χ2n) is 7.84. The minimum absolute atomic E-state index is 0.145. The number of aromatic amines is 2. The van der Waals surface area contributed by atoms with Gasteiger partial charge in [-0.2, -0.15) is 18.3 Å². The maximum atomic E-state index is 13.2. The lowest BCUT2D eigenvalue weighted by Gasteiger charge is -2.26. The van der Waals surface area contributed by atoms with Crippen molar-refractivity contribution in [3.8, 4) is 11.5 Å². The first-order chi connectivity index (χ1) is 16.3. The van der Waals surface area contributed by atoms with Gasteiger partial charge in [0.05, 0.1) is 29.9 Å². The second kappa shape index (κ2) is 8.57. The average molecular weight is 475 g/mol. The summed E-state index contributed by atoms with van der Waals surface area (Å²) in [5.41, 5.74) is 2.08. The molecular formula is C21H20F3N7O3. The van der Waals surface area contributed by atoms with Gasteiger partial charge in [-0.3, -0.25) is 14.8 Å². The third kappa shape index (κ3) is 4.39. The molecule has 0 saturated carbocycles. The van der Waals surface area contributed by atoms with Gasteiger partial charge in [-0.05, 0) is 17.7 Å². The van der Waals surface area contributed by atoms with E-state index in [9.17, 15) is 18.0 Å². The number of hydrogen-bond acceptors (Lipinski definition) is 7. The number of carbonyl (C=O) groups is 1. The molecule has 0 bridgehead atoms. The van der Waals surface area contributed by atoms with Crippen LogP contribution in [0.3, 0.4) is 0 Å². The van der Waals surface area contributed by atoms with Crippen molar-refractivity contribution in [2.75, 3.05) is 31.6 Å². The van der Waals surface area contributed by atoms with E-state index in [2.05, 4.69) is 39.8 Å². The third-order valence-corrected chi connectivity index (χ3v) is 5.38. The molecule has 1 saturated heterocycles. The van der Waals surface area contributed by atoms with Crippen LogP contribution in [0.5, 0.6) is 0 Å². The van der Waals surface area contributed by atoms with Gasteiger partial charge in [-0.25, -0.2) is 9.97 Å². The fourth-order valence-electron chi connectivity index (χ4n) is 3.80. The van der Waals surface area contributed by atoms with Crippen LogP contribution in [0.25, 0.3) is 22.6 Å². The Labute approximate surface area is 190 Å². The highest BCUT2D eigenvalue weighted by Crippen LogP contribution is 2.33. The van der Waals surface area contributed by atoms with E-state index in [-0.39, 0.29) is 17.3 Å². The zero-order valence-electron chi connectivity index (χ0n) is 18.0. The maximum absolute atomic E-state index is 13.2. The SMILES string of the molecule is Cc1nc(C(=O)Nc2c[nH]nc2-c2nc3cc(CN4CCOCC4)ccc3[nH]2)c(C(F)(F)F)o1. The fraction of sp³-hybridized carbons (Fsp3) is 0.333. The number of halogens is 3. The van der Waals surface area contributed by atoms with Crippen molar-refractivity contribution in [3.05, 3.63) is 47.3 Å². The Morgan fingerprint density at radius 2 is 2.03 bits per heavy atom. The van der Waals surface area contributed by atoms with Crippen molar-refractivity contribution in [1.29, 1.82) is 0 Å². The van der Waals surface area contributed by atoms with E-state index in [1.807, 2.05) is 18.2 Å². The first kappa shape index (κ1) is 22.1. The summed E-state index contributed by atoms with van der Waals surface area (Å²) in [4.78, 5) is 26.1. The minimum atomic E-state index is -4.86. The number of hydrogen-bond donors (Lipinski definition) is 3. The van der Waals surface area contributed by atoms with Crippen LogP contribution in [0.15, 0.2) is 28.8 Å². The summed E-state index contributed by atoms with van der Waals surface area (Å²) in [6.45, 7) is 5.14. The number of aromatic nitrogens is 5. The monoisotopic (exact) mass is 475 g/mol. The van der Waals surface area contributed by atoms with Crippen LogP contribution in [-0.2, 0) is 17.5 Å². The molecule has 0 radical (unpaired) electrons. The van der Waals surface area contributed by atoms with Gasteiger partial charge in [0.25, 0.3) is 5.91 Å².